The molecular formula is C20H21F3N4O2. The monoisotopic (exact) mass is 406 g/mol. The Balaban J connectivity index is 1.53. The number of amides is 1. The number of hydrogen-bond donors (Lipinski definition) is 0. The molecule has 4 rings (SSSR count). The Hall–Kier alpha value is -2.68. The van der Waals surface area contributed by atoms with Gasteiger partial charge in [-0.3, -0.25) is 4.79 Å². The summed E-state index contributed by atoms with van der Waals surface area (Å²) in [7, 11) is 0. The molecule has 0 N–H and O–H groups in total. The quantitative estimate of drug-likeness (QED) is 0.785. The van der Waals surface area contributed by atoms with Crippen molar-refractivity contribution in [1.82, 2.24) is 14.9 Å². The molecule has 2 aliphatic heterocycles. The van der Waals surface area contributed by atoms with E-state index in [-0.39, 0.29) is 11.7 Å². The maximum Gasteiger partial charge on any atom is 0.433 e. The highest BCUT2D eigenvalue weighted by atomic mass is 19.4. The molecule has 1 amide bonds. The molecule has 6 nitrogen and oxygen atoms in total. The molecular weight excluding hydrogens is 385 g/mol. The van der Waals surface area contributed by atoms with E-state index in [0.29, 0.717) is 45.8 Å². The third kappa shape index (κ3) is 4.34. The molecule has 1 aromatic heterocycles. The smallest absolute Gasteiger partial charge is 0.379 e. The van der Waals surface area contributed by atoms with Crippen LogP contribution in [0.4, 0.5) is 19.0 Å². The minimum Gasteiger partial charge on any atom is -0.379 e. The molecule has 0 bridgehead atoms. The fourth-order valence-corrected chi connectivity index (χ4v) is 4.00. The third-order valence-corrected chi connectivity index (χ3v) is 5.33. The maximum absolute atomic E-state index is 13.0. The Morgan fingerprint density at radius 2 is 1.93 bits per heavy atom. The number of rotatable bonds is 3. The molecule has 0 radical (unpaired) electrons. The molecule has 1 atom stereocenters. The molecule has 0 unspecified atom stereocenters. The van der Waals surface area contributed by atoms with E-state index in [4.69, 9.17) is 4.74 Å². The zero-order chi connectivity index (χ0) is 20.5. The molecule has 2 aromatic rings. The molecule has 0 aliphatic carbocycles. The first-order chi connectivity index (χ1) is 13.8. The van der Waals surface area contributed by atoms with E-state index in [1.807, 2.05) is 30.3 Å². The summed E-state index contributed by atoms with van der Waals surface area (Å²) in [6, 6.07) is 10.7. The van der Waals surface area contributed by atoms with Gasteiger partial charge in [0.15, 0.2) is 0 Å². The van der Waals surface area contributed by atoms with Crippen molar-refractivity contribution in [1.29, 1.82) is 0 Å². The Bertz CT molecular complexity index is 878. The lowest BCUT2D eigenvalue weighted by molar-refractivity contribution is -0.141. The van der Waals surface area contributed by atoms with Crippen molar-refractivity contribution in [2.45, 2.75) is 19.1 Å². The van der Waals surface area contributed by atoms with E-state index < -0.39 is 17.3 Å². The SMILES string of the molecule is O=C1C[C@@]2(COCCN(c3cc(C(F)(F)F)ncn3)C2)CN1Cc1ccccc1. The molecule has 1 spiro atoms. The highest BCUT2D eigenvalue weighted by molar-refractivity contribution is 5.79. The first kappa shape index (κ1) is 19.6. The Morgan fingerprint density at radius 1 is 1.14 bits per heavy atom. The predicted molar refractivity (Wildman–Crippen MR) is 99.0 cm³/mol. The summed E-state index contributed by atoms with van der Waals surface area (Å²) in [5.74, 6) is 0.226. The Morgan fingerprint density at radius 3 is 2.69 bits per heavy atom. The average molecular weight is 406 g/mol. The maximum atomic E-state index is 13.0. The fraction of sp³-hybridized carbons (Fsp3) is 0.450. The summed E-state index contributed by atoms with van der Waals surface area (Å²) in [6.07, 6.45) is -3.31. The van der Waals surface area contributed by atoms with Gasteiger partial charge in [0.1, 0.15) is 17.8 Å². The number of aromatic nitrogens is 2. The molecule has 154 valence electrons. The molecule has 2 aliphatic rings. The van der Waals surface area contributed by atoms with Gasteiger partial charge in [0.05, 0.1) is 13.2 Å². The van der Waals surface area contributed by atoms with E-state index in [9.17, 15) is 18.0 Å². The van der Waals surface area contributed by atoms with Crippen molar-refractivity contribution in [2.24, 2.45) is 5.41 Å². The van der Waals surface area contributed by atoms with Crippen LogP contribution in [0.15, 0.2) is 42.7 Å². The summed E-state index contributed by atoms with van der Waals surface area (Å²) in [5, 5.41) is 0. The predicted octanol–water partition coefficient (Wildman–Crippen LogP) is 2.75. The van der Waals surface area contributed by atoms with Gasteiger partial charge in [-0.05, 0) is 5.56 Å². The van der Waals surface area contributed by atoms with Crippen LogP contribution in [-0.2, 0) is 22.3 Å². The number of carbonyl (C=O) groups excluding carboxylic acids is 1. The van der Waals surface area contributed by atoms with Gasteiger partial charge >= 0.3 is 6.18 Å². The molecule has 29 heavy (non-hydrogen) atoms. The van der Waals surface area contributed by atoms with Crippen molar-refractivity contribution in [2.75, 3.05) is 37.7 Å². The summed E-state index contributed by atoms with van der Waals surface area (Å²) >= 11 is 0. The Labute approximate surface area is 166 Å². The summed E-state index contributed by atoms with van der Waals surface area (Å²) in [5.41, 5.74) is -0.420. The number of alkyl halides is 3. The number of likely N-dealkylation sites (tertiary alicyclic amines) is 1. The lowest BCUT2D eigenvalue weighted by Gasteiger charge is -2.32. The van der Waals surface area contributed by atoms with E-state index in [2.05, 4.69) is 9.97 Å². The summed E-state index contributed by atoms with van der Waals surface area (Å²) in [4.78, 5) is 23.6. The second-order valence-electron chi connectivity index (χ2n) is 7.65. The molecule has 3 heterocycles. The van der Waals surface area contributed by atoms with Crippen molar-refractivity contribution < 1.29 is 22.7 Å². The van der Waals surface area contributed by atoms with Crippen molar-refractivity contribution >= 4 is 11.7 Å². The number of ether oxygens (including phenoxy) is 1. The van der Waals surface area contributed by atoms with Crippen LogP contribution in [-0.4, -0.2) is 53.6 Å². The van der Waals surface area contributed by atoms with Crippen LogP contribution in [0.2, 0.25) is 0 Å². The molecule has 1 aromatic carbocycles. The van der Waals surface area contributed by atoms with Crippen molar-refractivity contribution in [3.05, 3.63) is 54.0 Å². The Kier molecular flexibility index (Phi) is 5.16. The van der Waals surface area contributed by atoms with E-state index in [0.717, 1.165) is 18.0 Å². The minimum atomic E-state index is -4.53. The molecule has 2 fully saturated rings. The van der Waals surface area contributed by atoms with Gasteiger partial charge in [0, 0.05) is 44.1 Å². The second-order valence-corrected chi connectivity index (χ2v) is 7.65. The third-order valence-electron chi connectivity index (χ3n) is 5.33. The van der Waals surface area contributed by atoms with Crippen molar-refractivity contribution in [3.8, 4) is 0 Å². The van der Waals surface area contributed by atoms with E-state index in [1.165, 1.54) is 0 Å². The summed E-state index contributed by atoms with van der Waals surface area (Å²) in [6.45, 7) is 2.56. The van der Waals surface area contributed by atoms with Gasteiger partial charge in [-0.15, -0.1) is 0 Å². The van der Waals surface area contributed by atoms with Gasteiger partial charge < -0.3 is 14.5 Å². The van der Waals surface area contributed by atoms with Crippen LogP contribution in [0.1, 0.15) is 17.7 Å². The van der Waals surface area contributed by atoms with Gasteiger partial charge in [-0.25, -0.2) is 9.97 Å². The van der Waals surface area contributed by atoms with Gasteiger partial charge in [0.2, 0.25) is 5.91 Å². The molecule has 0 saturated carbocycles. The number of hydrogen-bond acceptors (Lipinski definition) is 5. The highest BCUT2D eigenvalue weighted by Crippen LogP contribution is 2.37. The van der Waals surface area contributed by atoms with Gasteiger partial charge in [-0.1, -0.05) is 30.3 Å². The van der Waals surface area contributed by atoms with Crippen LogP contribution in [0.25, 0.3) is 0 Å². The highest BCUT2D eigenvalue weighted by Gasteiger charge is 2.46. The van der Waals surface area contributed by atoms with Gasteiger partial charge in [0.25, 0.3) is 0 Å². The second kappa shape index (κ2) is 7.62. The molecule has 9 heteroatoms. The standard InChI is InChI=1S/C20H21F3N4O2/c21-20(22,23)16-8-17(25-14-24-16)26-6-7-29-13-19(11-26)9-18(28)27(12-19)10-15-4-2-1-3-5-15/h1-5,8,14H,6-7,9-13H2/t19-/m0/s1. The number of anilines is 1. The summed E-state index contributed by atoms with van der Waals surface area (Å²) < 4.78 is 44.8. The molecule has 2 saturated heterocycles. The number of nitrogens with zero attached hydrogens (tertiary/aromatic N) is 4. The van der Waals surface area contributed by atoms with Crippen LogP contribution < -0.4 is 4.90 Å². The van der Waals surface area contributed by atoms with Crippen LogP contribution >= 0.6 is 0 Å². The number of benzene rings is 1. The van der Waals surface area contributed by atoms with E-state index >= 15 is 0 Å². The lowest BCUT2D eigenvalue weighted by Crippen LogP contribution is -2.41. The zero-order valence-electron chi connectivity index (χ0n) is 15.7. The first-order valence-electron chi connectivity index (χ1n) is 9.38. The number of halogens is 3. The first-order valence-corrected chi connectivity index (χ1v) is 9.38. The minimum absolute atomic E-state index is 0.0259. The zero-order valence-corrected chi connectivity index (χ0v) is 15.7. The largest absolute Gasteiger partial charge is 0.433 e. The average Bonchev–Trinajstić information content (AvgIpc) is 2.86. The van der Waals surface area contributed by atoms with Crippen LogP contribution in [0.5, 0.6) is 0 Å². The fourth-order valence-electron chi connectivity index (χ4n) is 4.00. The van der Waals surface area contributed by atoms with Gasteiger partial charge in [-0.2, -0.15) is 13.2 Å². The van der Waals surface area contributed by atoms with Crippen LogP contribution in [0.3, 0.4) is 0 Å². The van der Waals surface area contributed by atoms with E-state index in [1.54, 1.807) is 9.80 Å². The number of carbonyl (C=O) groups is 1. The lowest BCUT2D eigenvalue weighted by atomic mass is 9.87. The normalized spacial score (nSPS) is 22.9. The van der Waals surface area contributed by atoms with Crippen LogP contribution in [0, 0.1) is 5.41 Å². The topological polar surface area (TPSA) is 58.6 Å². The van der Waals surface area contributed by atoms with Crippen molar-refractivity contribution in [3.63, 3.8) is 0 Å².